The Kier molecular flexibility index (Phi) is 4.32. The van der Waals surface area contributed by atoms with E-state index in [0.717, 1.165) is 38.5 Å². The van der Waals surface area contributed by atoms with Gasteiger partial charge in [0, 0.05) is 6.42 Å². The zero-order chi connectivity index (χ0) is 15.8. The van der Waals surface area contributed by atoms with Gasteiger partial charge in [0.25, 0.3) is 0 Å². The van der Waals surface area contributed by atoms with Crippen molar-refractivity contribution >= 4 is 11.8 Å². The second-order valence-electron chi connectivity index (χ2n) is 7.62. The van der Waals surface area contributed by atoms with E-state index >= 15 is 0 Å². The summed E-state index contributed by atoms with van der Waals surface area (Å²) in [6.45, 7) is 10.0. The molecule has 4 atom stereocenters. The topological polar surface area (TPSA) is 54.4 Å². The molecule has 2 aliphatic rings. The summed E-state index contributed by atoms with van der Waals surface area (Å²) in [6.07, 6.45) is 6.03. The van der Waals surface area contributed by atoms with Crippen LogP contribution >= 0.6 is 0 Å². The maximum absolute atomic E-state index is 11.9. The number of hydrogen-bond donors (Lipinski definition) is 1. The molecular formula is C18H28O3. The smallest absolute Gasteiger partial charge is 0.309 e. The van der Waals surface area contributed by atoms with Crippen LogP contribution in [0.5, 0.6) is 0 Å². The zero-order valence-electron chi connectivity index (χ0n) is 13.6. The molecular weight excluding hydrogens is 264 g/mol. The van der Waals surface area contributed by atoms with Gasteiger partial charge >= 0.3 is 5.97 Å². The van der Waals surface area contributed by atoms with Crippen molar-refractivity contribution in [3.8, 4) is 0 Å². The minimum absolute atomic E-state index is 0.0177. The SMILES string of the molecule is C=C1CC[C@H]2[C@](C)(CCC[C@]2(C)C(=O)O)[C@H]1CCC(C)=O. The highest BCUT2D eigenvalue weighted by atomic mass is 16.4. The highest BCUT2D eigenvalue weighted by Crippen LogP contribution is 2.61. The Labute approximate surface area is 127 Å². The molecule has 118 valence electrons. The summed E-state index contributed by atoms with van der Waals surface area (Å²) >= 11 is 0. The minimum atomic E-state index is -0.656. The van der Waals surface area contributed by atoms with E-state index in [4.69, 9.17) is 0 Å². The third-order valence-electron chi connectivity index (χ3n) is 6.29. The van der Waals surface area contributed by atoms with Crippen molar-refractivity contribution in [1.29, 1.82) is 0 Å². The Morgan fingerprint density at radius 2 is 2.00 bits per heavy atom. The molecule has 0 heterocycles. The molecule has 2 aliphatic carbocycles. The number of carboxylic acid groups (broad SMARTS) is 1. The third kappa shape index (κ3) is 2.67. The molecule has 0 aromatic carbocycles. The number of carbonyl (C=O) groups excluding carboxylic acids is 1. The fraction of sp³-hybridized carbons (Fsp3) is 0.778. The molecule has 0 radical (unpaired) electrons. The second-order valence-corrected chi connectivity index (χ2v) is 7.62. The summed E-state index contributed by atoms with van der Waals surface area (Å²) in [7, 11) is 0. The van der Waals surface area contributed by atoms with Gasteiger partial charge in [-0.05, 0) is 63.2 Å². The van der Waals surface area contributed by atoms with Crippen molar-refractivity contribution < 1.29 is 14.7 Å². The molecule has 2 saturated carbocycles. The van der Waals surface area contributed by atoms with E-state index in [0.29, 0.717) is 12.3 Å². The Balaban J connectivity index is 2.33. The van der Waals surface area contributed by atoms with Crippen LogP contribution in [-0.2, 0) is 9.59 Å². The average Bonchev–Trinajstić information content (AvgIpc) is 2.36. The largest absolute Gasteiger partial charge is 0.481 e. The van der Waals surface area contributed by atoms with Crippen molar-refractivity contribution in [1.82, 2.24) is 0 Å². The van der Waals surface area contributed by atoms with Crippen LogP contribution in [0.4, 0.5) is 0 Å². The summed E-state index contributed by atoms with van der Waals surface area (Å²) in [4.78, 5) is 23.2. The molecule has 0 saturated heterocycles. The highest BCUT2D eigenvalue weighted by molar-refractivity contribution is 5.76. The lowest BCUT2D eigenvalue weighted by Crippen LogP contribution is -2.53. The van der Waals surface area contributed by atoms with E-state index in [-0.39, 0.29) is 17.1 Å². The van der Waals surface area contributed by atoms with Gasteiger partial charge in [0.1, 0.15) is 5.78 Å². The van der Waals surface area contributed by atoms with Crippen molar-refractivity contribution in [3.05, 3.63) is 12.2 Å². The maximum atomic E-state index is 11.9. The predicted molar refractivity (Wildman–Crippen MR) is 83.0 cm³/mol. The third-order valence-corrected chi connectivity index (χ3v) is 6.29. The Morgan fingerprint density at radius 1 is 1.33 bits per heavy atom. The minimum Gasteiger partial charge on any atom is -0.481 e. The summed E-state index contributed by atoms with van der Waals surface area (Å²) < 4.78 is 0. The maximum Gasteiger partial charge on any atom is 0.309 e. The molecule has 0 aliphatic heterocycles. The van der Waals surface area contributed by atoms with Gasteiger partial charge in [-0.15, -0.1) is 0 Å². The van der Waals surface area contributed by atoms with Crippen molar-refractivity contribution in [2.24, 2.45) is 22.7 Å². The van der Waals surface area contributed by atoms with Crippen LogP contribution in [0.2, 0.25) is 0 Å². The first-order valence-corrected chi connectivity index (χ1v) is 8.12. The summed E-state index contributed by atoms with van der Waals surface area (Å²) in [5.74, 6) is 0.0411. The molecule has 0 aromatic rings. The van der Waals surface area contributed by atoms with E-state index < -0.39 is 11.4 Å². The number of Topliss-reactive ketones (excluding diaryl/α,β-unsaturated/α-hetero) is 1. The number of aliphatic carboxylic acids is 1. The van der Waals surface area contributed by atoms with Crippen LogP contribution in [0.1, 0.15) is 65.7 Å². The molecule has 0 amide bonds. The summed E-state index contributed by atoms with van der Waals surface area (Å²) in [6, 6.07) is 0. The number of carboxylic acids is 1. The monoisotopic (exact) mass is 292 g/mol. The van der Waals surface area contributed by atoms with Crippen molar-refractivity contribution in [2.45, 2.75) is 65.7 Å². The van der Waals surface area contributed by atoms with Gasteiger partial charge in [0.05, 0.1) is 5.41 Å². The van der Waals surface area contributed by atoms with Gasteiger partial charge in [-0.3, -0.25) is 4.79 Å². The second kappa shape index (κ2) is 5.58. The van der Waals surface area contributed by atoms with Crippen LogP contribution in [0.15, 0.2) is 12.2 Å². The first-order valence-electron chi connectivity index (χ1n) is 8.12. The summed E-state index contributed by atoms with van der Waals surface area (Å²) in [5, 5.41) is 9.74. The van der Waals surface area contributed by atoms with E-state index in [1.165, 1.54) is 5.57 Å². The van der Waals surface area contributed by atoms with E-state index in [1.54, 1.807) is 6.92 Å². The van der Waals surface area contributed by atoms with Crippen LogP contribution in [0.3, 0.4) is 0 Å². The van der Waals surface area contributed by atoms with Gasteiger partial charge in [0.15, 0.2) is 0 Å². The number of allylic oxidation sites excluding steroid dienone is 1. The quantitative estimate of drug-likeness (QED) is 0.789. The van der Waals surface area contributed by atoms with Crippen LogP contribution in [0.25, 0.3) is 0 Å². The normalized spacial score (nSPS) is 39.7. The number of ketones is 1. The molecule has 1 N–H and O–H groups in total. The van der Waals surface area contributed by atoms with Crippen molar-refractivity contribution in [2.75, 3.05) is 0 Å². The standard InChI is InChI=1S/C18H28O3/c1-12-6-9-15-17(3,14(12)8-7-13(2)19)10-5-11-18(15,4)16(20)21/h14-15H,1,5-11H2,2-4H3,(H,20,21)/t14-,15-,17+,18-/m0/s1. The molecule has 0 unspecified atom stereocenters. The molecule has 3 heteroatoms. The predicted octanol–water partition coefficient (Wildman–Crippen LogP) is 4.22. The number of rotatable bonds is 4. The average molecular weight is 292 g/mol. The van der Waals surface area contributed by atoms with Crippen LogP contribution < -0.4 is 0 Å². The van der Waals surface area contributed by atoms with E-state index in [1.807, 2.05) is 6.92 Å². The lowest BCUT2D eigenvalue weighted by atomic mass is 9.46. The first kappa shape index (κ1) is 16.3. The fourth-order valence-electron chi connectivity index (χ4n) is 5.09. The number of fused-ring (bicyclic) bond motifs is 1. The van der Waals surface area contributed by atoms with Crippen LogP contribution in [0, 0.1) is 22.7 Å². The zero-order valence-corrected chi connectivity index (χ0v) is 13.6. The van der Waals surface area contributed by atoms with Gasteiger partial charge in [-0.1, -0.05) is 25.5 Å². The lowest BCUT2D eigenvalue weighted by molar-refractivity contribution is -0.164. The Bertz CT molecular complexity index is 467. The van der Waals surface area contributed by atoms with Gasteiger partial charge in [-0.25, -0.2) is 0 Å². The van der Waals surface area contributed by atoms with Crippen LogP contribution in [-0.4, -0.2) is 16.9 Å². The first-order chi connectivity index (χ1) is 9.71. The summed E-state index contributed by atoms with van der Waals surface area (Å²) in [5.41, 5.74) is 0.586. The van der Waals surface area contributed by atoms with E-state index in [9.17, 15) is 14.7 Å². The lowest BCUT2D eigenvalue weighted by Gasteiger charge is -2.57. The molecule has 3 nitrogen and oxygen atoms in total. The Morgan fingerprint density at radius 3 is 2.57 bits per heavy atom. The van der Waals surface area contributed by atoms with Crippen molar-refractivity contribution in [3.63, 3.8) is 0 Å². The highest BCUT2D eigenvalue weighted by Gasteiger charge is 2.57. The van der Waals surface area contributed by atoms with E-state index in [2.05, 4.69) is 13.5 Å². The fourth-order valence-corrected chi connectivity index (χ4v) is 5.09. The molecule has 0 aromatic heterocycles. The molecule has 0 spiro atoms. The molecule has 0 bridgehead atoms. The number of carbonyl (C=O) groups is 2. The van der Waals surface area contributed by atoms with Gasteiger partial charge in [0.2, 0.25) is 0 Å². The van der Waals surface area contributed by atoms with Gasteiger partial charge in [-0.2, -0.15) is 0 Å². The molecule has 21 heavy (non-hydrogen) atoms. The molecule has 2 rings (SSSR count). The molecule has 2 fully saturated rings. The number of hydrogen-bond acceptors (Lipinski definition) is 2. The van der Waals surface area contributed by atoms with Gasteiger partial charge < -0.3 is 9.90 Å². The Hall–Kier alpha value is -1.12.